The van der Waals surface area contributed by atoms with Gasteiger partial charge in [0, 0.05) is 12.1 Å². The predicted molar refractivity (Wildman–Crippen MR) is 64.5 cm³/mol. The van der Waals surface area contributed by atoms with Gasteiger partial charge in [-0.1, -0.05) is 13.8 Å². The molecule has 0 bridgehead atoms. The average Bonchev–Trinajstić information content (AvgIpc) is 2.67. The van der Waals surface area contributed by atoms with Gasteiger partial charge in [-0.15, -0.1) is 0 Å². The summed E-state index contributed by atoms with van der Waals surface area (Å²) in [6, 6.07) is 2.43. The van der Waals surface area contributed by atoms with E-state index in [4.69, 9.17) is 12.2 Å². The normalized spacial score (nSPS) is 22.0. The lowest BCUT2D eigenvalue weighted by Crippen LogP contribution is -2.00. The highest BCUT2D eigenvalue weighted by atomic mass is 32.1. The summed E-state index contributed by atoms with van der Waals surface area (Å²) in [6.45, 7) is 4.24. The van der Waals surface area contributed by atoms with Crippen LogP contribution in [-0.2, 0) is 0 Å². The van der Waals surface area contributed by atoms with Gasteiger partial charge in [-0.05, 0) is 30.1 Å². The minimum atomic E-state index is -0.594. The molecule has 1 aromatic carbocycles. The second kappa shape index (κ2) is 3.16. The van der Waals surface area contributed by atoms with E-state index in [0.717, 1.165) is 12.5 Å². The monoisotopic (exact) mass is 254 g/mol. The third-order valence-corrected chi connectivity index (χ3v) is 3.82. The van der Waals surface area contributed by atoms with Crippen molar-refractivity contribution in [2.45, 2.75) is 26.3 Å². The quantitative estimate of drug-likeness (QED) is 0.764. The smallest absolute Gasteiger partial charge is 0.178 e. The van der Waals surface area contributed by atoms with Crippen molar-refractivity contribution < 1.29 is 8.78 Å². The van der Waals surface area contributed by atoms with Crippen LogP contribution in [0.4, 0.5) is 8.78 Å². The van der Waals surface area contributed by atoms with E-state index in [0.29, 0.717) is 15.8 Å². The summed E-state index contributed by atoms with van der Waals surface area (Å²) in [7, 11) is 0. The van der Waals surface area contributed by atoms with Gasteiger partial charge in [-0.3, -0.25) is 0 Å². The molecule has 0 aliphatic heterocycles. The Bertz CT molecular complexity index is 669. The van der Waals surface area contributed by atoms with Crippen molar-refractivity contribution in [3.8, 4) is 0 Å². The van der Waals surface area contributed by atoms with Crippen molar-refractivity contribution in [3.63, 3.8) is 0 Å². The summed E-state index contributed by atoms with van der Waals surface area (Å²) in [5.74, 6) is -1.17. The van der Waals surface area contributed by atoms with Crippen LogP contribution in [0.15, 0.2) is 12.1 Å². The lowest BCUT2D eigenvalue weighted by atomic mass is 10.2. The number of imidazole rings is 1. The highest BCUT2D eigenvalue weighted by molar-refractivity contribution is 7.71. The van der Waals surface area contributed by atoms with E-state index in [1.54, 1.807) is 0 Å². The Morgan fingerprint density at radius 3 is 2.65 bits per heavy atom. The van der Waals surface area contributed by atoms with Crippen molar-refractivity contribution in [3.05, 3.63) is 28.5 Å². The van der Waals surface area contributed by atoms with Crippen LogP contribution in [0, 0.1) is 21.8 Å². The number of H-pyrrole nitrogens is 1. The Labute approximate surface area is 102 Å². The van der Waals surface area contributed by atoms with Gasteiger partial charge in [0.25, 0.3) is 0 Å². The number of fused-ring (bicyclic) bond motifs is 1. The van der Waals surface area contributed by atoms with Crippen LogP contribution in [0.3, 0.4) is 0 Å². The fourth-order valence-corrected chi connectivity index (χ4v) is 2.67. The van der Waals surface area contributed by atoms with Gasteiger partial charge in [0.2, 0.25) is 0 Å². The minimum absolute atomic E-state index is 0.149. The topological polar surface area (TPSA) is 20.7 Å². The number of rotatable bonds is 1. The van der Waals surface area contributed by atoms with Crippen molar-refractivity contribution in [2.24, 2.45) is 5.41 Å². The highest BCUT2D eigenvalue weighted by Crippen LogP contribution is 2.56. The summed E-state index contributed by atoms with van der Waals surface area (Å²) in [4.78, 5) is 2.82. The lowest BCUT2D eigenvalue weighted by Gasteiger charge is -2.06. The molecule has 17 heavy (non-hydrogen) atoms. The van der Waals surface area contributed by atoms with Gasteiger partial charge in [0.1, 0.15) is 11.3 Å². The summed E-state index contributed by atoms with van der Waals surface area (Å²) < 4.78 is 29.1. The maximum atomic E-state index is 13.6. The molecule has 90 valence electrons. The molecule has 1 aromatic heterocycles. The Morgan fingerprint density at radius 2 is 2.06 bits per heavy atom. The zero-order valence-corrected chi connectivity index (χ0v) is 10.4. The standard InChI is InChI=1S/C12H12F2N2S/c1-12(2)5-9(12)16-8-4-6(13)3-7(14)10(8)15-11(16)17/h3-4,9H,5H2,1-2H3,(H,15,17). The third kappa shape index (κ3) is 1.52. The molecule has 1 unspecified atom stereocenters. The predicted octanol–water partition coefficient (Wildman–Crippen LogP) is 3.95. The van der Waals surface area contributed by atoms with Gasteiger partial charge in [-0.25, -0.2) is 8.78 Å². The second-order valence-electron chi connectivity index (χ2n) is 5.29. The van der Waals surface area contributed by atoms with Gasteiger partial charge < -0.3 is 9.55 Å². The van der Waals surface area contributed by atoms with Gasteiger partial charge in [-0.2, -0.15) is 0 Å². The average molecular weight is 254 g/mol. The van der Waals surface area contributed by atoms with Crippen molar-refractivity contribution in [1.29, 1.82) is 0 Å². The van der Waals surface area contributed by atoms with E-state index in [2.05, 4.69) is 18.8 Å². The van der Waals surface area contributed by atoms with Crippen LogP contribution in [0.5, 0.6) is 0 Å². The number of hydrogen-bond acceptors (Lipinski definition) is 1. The molecule has 0 radical (unpaired) electrons. The molecule has 5 heteroatoms. The van der Waals surface area contributed by atoms with Crippen LogP contribution < -0.4 is 0 Å². The third-order valence-electron chi connectivity index (χ3n) is 3.52. The first kappa shape index (κ1) is 10.9. The van der Waals surface area contributed by atoms with E-state index in [1.165, 1.54) is 6.07 Å². The first-order valence-corrected chi connectivity index (χ1v) is 5.90. The molecule has 0 amide bonds. The number of nitrogens with one attached hydrogen (secondary N) is 1. The molecule has 1 N–H and O–H groups in total. The minimum Gasteiger partial charge on any atom is -0.328 e. The fourth-order valence-electron chi connectivity index (χ4n) is 2.34. The van der Waals surface area contributed by atoms with Crippen LogP contribution in [-0.4, -0.2) is 9.55 Å². The molecule has 1 heterocycles. The van der Waals surface area contributed by atoms with Gasteiger partial charge >= 0.3 is 0 Å². The molecular weight excluding hydrogens is 242 g/mol. The molecule has 0 saturated heterocycles. The highest BCUT2D eigenvalue weighted by Gasteiger charge is 2.48. The van der Waals surface area contributed by atoms with Crippen LogP contribution in [0.1, 0.15) is 26.3 Å². The number of nitrogens with zero attached hydrogens (tertiary/aromatic N) is 1. The molecule has 2 aromatic rings. The molecule has 1 aliphatic rings. The zero-order chi connectivity index (χ0) is 12.4. The maximum absolute atomic E-state index is 13.6. The number of halogens is 2. The number of aromatic amines is 1. The fraction of sp³-hybridized carbons (Fsp3) is 0.417. The summed E-state index contributed by atoms with van der Waals surface area (Å²) >= 11 is 5.19. The van der Waals surface area contributed by atoms with E-state index in [1.807, 2.05) is 4.57 Å². The number of benzene rings is 1. The Hall–Kier alpha value is -1.23. The lowest BCUT2D eigenvalue weighted by molar-refractivity contribution is 0.544. The van der Waals surface area contributed by atoms with Gasteiger partial charge in [0.15, 0.2) is 10.6 Å². The molecule has 1 fully saturated rings. The van der Waals surface area contributed by atoms with Crippen molar-refractivity contribution >= 4 is 23.3 Å². The molecule has 0 spiro atoms. The first-order valence-electron chi connectivity index (χ1n) is 5.49. The summed E-state index contributed by atoms with van der Waals surface area (Å²) in [6.07, 6.45) is 0.979. The largest absolute Gasteiger partial charge is 0.328 e. The number of aromatic nitrogens is 2. The summed E-state index contributed by atoms with van der Waals surface area (Å²) in [5.41, 5.74) is 0.957. The van der Waals surface area contributed by atoms with Crippen molar-refractivity contribution in [2.75, 3.05) is 0 Å². The second-order valence-corrected chi connectivity index (χ2v) is 5.68. The molecule has 1 aliphatic carbocycles. The van der Waals surface area contributed by atoms with E-state index in [9.17, 15) is 8.78 Å². The molecular formula is C12H12F2N2S. The molecule has 1 saturated carbocycles. The van der Waals surface area contributed by atoms with Gasteiger partial charge in [0.05, 0.1) is 5.52 Å². The SMILES string of the molecule is CC1(C)CC1n1c(=S)[nH]c2c(F)cc(F)cc21. The van der Waals surface area contributed by atoms with Crippen LogP contribution >= 0.6 is 12.2 Å². The molecule has 3 rings (SSSR count). The van der Waals surface area contributed by atoms with Crippen molar-refractivity contribution in [1.82, 2.24) is 9.55 Å². The number of hydrogen-bond donors (Lipinski definition) is 1. The maximum Gasteiger partial charge on any atom is 0.178 e. The van der Waals surface area contributed by atoms with E-state index >= 15 is 0 Å². The van der Waals surface area contributed by atoms with Crippen LogP contribution in [0.25, 0.3) is 11.0 Å². The van der Waals surface area contributed by atoms with E-state index in [-0.39, 0.29) is 11.5 Å². The molecule has 1 atom stereocenters. The zero-order valence-electron chi connectivity index (χ0n) is 9.55. The van der Waals surface area contributed by atoms with Crippen LogP contribution in [0.2, 0.25) is 0 Å². The summed E-state index contributed by atoms with van der Waals surface area (Å²) in [5, 5.41) is 0. The Balaban J connectivity index is 2.32. The molecule has 2 nitrogen and oxygen atoms in total. The van der Waals surface area contributed by atoms with E-state index < -0.39 is 11.6 Å². The Kier molecular flexibility index (Phi) is 2.03. The first-order chi connectivity index (χ1) is 7.90. The Morgan fingerprint density at radius 1 is 1.41 bits per heavy atom.